The van der Waals surface area contributed by atoms with Gasteiger partial charge in [0.05, 0.1) is 6.42 Å². The van der Waals surface area contributed by atoms with Gasteiger partial charge in [0.25, 0.3) is 23.9 Å². The van der Waals surface area contributed by atoms with Crippen molar-refractivity contribution < 1.29 is 41.0 Å². The summed E-state index contributed by atoms with van der Waals surface area (Å²) in [5.74, 6) is -10.0. The first-order valence-corrected chi connectivity index (χ1v) is 8.29. The number of nitrogens with zero attached hydrogens (tertiary/aromatic N) is 1. The number of ether oxygens (including phenoxy) is 2. The summed E-state index contributed by atoms with van der Waals surface area (Å²) >= 11 is 0. The van der Waals surface area contributed by atoms with E-state index >= 15 is 0 Å². The van der Waals surface area contributed by atoms with Crippen LogP contribution in [0.1, 0.15) is 18.9 Å². The second kappa shape index (κ2) is 6.65. The Hall–Kier alpha value is -2.76. The molecule has 1 amide bonds. The number of amidine groups is 1. The Morgan fingerprint density at radius 2 is 1.97 bits per heavy atom. The van der Waals surface area contributed by atoms with Crippen molar-refractivity contribution in [3.05, 3.63) is 29.6 Å². The SMILES string of the molecule is CC1(c2cc(NC(=O)C3(OC=O)CC3(F)F)ccc2F)N=C(N)COCC1(F)F. The van der Waals surface area contributed by atoms with E-state index in [0.717, 1.165) is 25.1 Å². The summed E-state index contributed by atoms with van der Waals surface area (Å²) in [7, 11) is 0. The lowest BCUT2D eigenvalue weighted by Crippen LogP contribution is -2.45. The number of benzene rings is 1. The molecule has 1 heterocycles. The Balaban J connectivity index is 1.98. The standard InChI is InChI=1S/C17H16F5N3O4/c1-14(17(21,22)7-28-5-12(23)25-14)10-4-9(2-3-11(10)18)24-13(27)15(29-8-26)6-16(15,19)20/h2-4,8H,5-7H2,1H3,(H2,23,25)(H,24,27). The van der Waals surface area contributed by atoms with Crippen LogP contribution in [0.5, 0.6) is 0 Å². The minimum absolute atomic E-state index is 0.279. The quantitative estimate of drug-likeness (QED) is 0.559. The molecule has 1 aliphatic carbocycles. The van der Waals surface area contributed by atoms with Crippen LogP contribution >= 0.6 is 0 Å². The molecule has 12 heteroatoms. The number of alkyl halides is 4. The highest BCUT2D eigenvalue weighted by atomic mass is 19.3. The Morgan fingerprint density at radius 3 is 2.55 bits per heavy atom. The summed E-state index contributed by atoms with van der Waals surface area (Å²) in [6, 6.07) is 2.58. The van der Waals surface area contributed by atoms with Gasteiger partial charge >= 0.3 is 5.92 Å². The van der Waals surface area contributed by atoms with Gasteiger partial charge in [0, 0.05) is 11.3 Å². The van der Waals surface area contributed by atoms with E-state index in [9.17, 15) is 31.5 Å². The third-order valence-electron chi connectivity index (χ3n) is 4.91. The molecule has 158 valence electrons. The Kier molecular flexibility index (Phi) is 4.80. The molecular weight excluding hydrogens is 405 g/mol. The molecule has 29 heavy (non-hydrogen) atoms. The van der Waals surface area contributed by atoms with Crippen molar-refractivity contribution in [2.75, 3.05) is 18.5 Å². The van der Waals surface area contributed by atoms with Gasteiger partial charge in [0.15, 0.2) is 5.54 Å². The van der Waals surface area contributed by atoms with Crippen LogP contribution in [0.2, 0.25) is 0 Å². The van der Waals surface area contributed by atoms with E-state index in [4.69, 9.17) is 10.5 Å². The lowest BCUT2D eigenvalue weighted by Gasteiger charge is -2.33. The molecule has 1 saturated carbocycles. The van der Waals surface area contributed by atoms with E-state index < -0.39 is 53.3 Å². The monoisotopic (exact) mass is 421 g/mol. The number of aliphatic imine (C=N–C) groups is 1. The third kappa shape index (κ3) is 3.30. The highest BCUT2D eigenvalue weighted by molar-refractivity contribution is 6.01. The number of rotatable bonds is 5. The Morgan fingerprint density at radius 1 is 1.31 bits per heavy atom. The highest BCUT2D eigenvalue weighted by Gasteiger charge is 2.79. The van der Waals surface area contributed by atoms with Crippen LogP contribution in [0.4, 0.5) is 27.6 Å². The molecule has 7 nitrogen and oxygen atoms in total. The second-order valence-electron chi connectivity index (χ2n) is 6.94. The van der Waals surface area contributed by atoms with Crippen LogP contribution in [0, 0.1) is 5.82 Å². The number of nitrogens with two attached hydrogens (primary N) is 1. The molecular formula is C17H16F5N3O4. The summed E-state index contributed by atoms with van der Waals surface area (Å²) in [4.78, 5) is 26.4. The van der Waals surface area contributed by atoms with Crippen molar-refractivity contribution in [2.45, 2.75) is 36.3 Å². The van der Waals surface area contributed by atoms with E-state index in [-0.39, 0.29) is 24.6 Å². The minimum Gasteiger partial charge on any atom is -0.444 e. The molecule has 2 aliphatic rings. The third-order valence-corrected chi connectivity index (χ3v) is 4.91. The van der Waals surface area contributed by atoms with Crippen LogP contribution < -0.4 is 11.1 Å². The molecule has 1 aromatic carbocycles. The van der Waals surface area contributed by atoms with Crippen molar-refractivity contribution in [1.82, 2.24) is 0 Å². The largest absolute Gasteiger partial charge is 0.444 e. The number of hydrogen-bond donors (Lipinski definition) is 2. The Labute approximate surface area is 161 Å². The van der Waals surface area contributed by atoms with Crippen molar-refractivity contribution in [1.29, 1.82) is 0 Å². The highest BCUT2D eigenvalue weighted by Crippen LogP contribution is 2.55. The molecule has 0 spiro atoms. The van der Waals surface area contributed by atoms with E-state index in [2.05, 4.69) is 9.73 Å². The van der Waals surface area contributed by atoms with Gasteiger partial charge in [-0.3, -0.25) is 14.6 Å². The minimum atomic E-state index is -3.68. The second-order valence-corrected chi connectivity index (χ2v) is 6.94. The lowest BCUT2D eigenvalue weighted by molar-refractivity contribution is -0.152. The number of amides is 1. The fraction of sp³-hybridized carbons (Fsp3) is 0.471. The van der Waals surface area contributed by atoms with Crippen LogP contribution in [0.25, 0.3) is 0 Å². The summed E-state index contributed by atoms with van der Waals surface area (Å²) in [5, 5.41) is 2.04. The van der Waals surface area contributed by atoms with Crippen molar-refractivity contribution >= 4 is 23.9 Å². The van der Waals surface area contributed by atoms with E-state index in [1.807, 2.05) is 5.32 Å². The normalized spacial score (nSPS) is 29.9. The van der Waals surface area contributed by atoms with E-state index in [1.54, 1.807) is 0 Å². The van der Waals surface area contributed by atoms with E-state index in [1.165, 1.54) is 0 Å². The van der Waals surface area contributed by atoms with Crippen LogP contribution in [-0.4, -0.2) is 48.9 Å². The smallest absolute Gasteiger partial charge is 0.300 e. The molecule has 2 atom stereocenters. The first kappa shape index (κ1) is 21.0. The average Bonchev–Trinajstić information content (AvgIpc) is 3.20. The van der Waals surface area contributed by atoms with Gasteiger partial charge in [0.2, 0.25) is 0 Å². The summed E-state index contributed by atoms with van der Waals surface area (Å²) < 4.78 is 79.8. The number of carbonyl (C=O) groups excluding carboxylic acids is 2. The Bertz CT molecular complexity index is 894. The molecule has 0 bridgehead atoms. The van der Waals surface area contributed by atoms with Gasteiger partial charge in [-0.05, 0) is 25.1 Å². The zero-order valence-electron chi connectivity index (χ0n) is 15.0. The zero-order chi connectivity index (χ0) is 21.7. The maximum Gasteiger partial charge on any atom is 0.300 e. The van der Waals surface area contributed by atoms with Gasteiger partial charge in [-0.2, -0.15) is 0 Å². The molecule has 1 fully saturated rings. The lowest BCUT2D eigenvalue weighted by atomic mass is 9.85. The molecule has 3 N–H and O–H groups in total. The maximum atomic E-state index is 14.6. The fourth-order valence-electron chi connectivity index (χ4n) is 3.07. The van der Waals surface area contributed by atoms with Gasteiger partial charge in [-0.1, -0.05) is 0 Å². The molecule has 3 rings (SSSR count). The number of hydrogen-bond acceptors (Lipinski definition) is 6. The topological polar surface area (TPSA) is 103 Å². The van der Waals surface area contributed by atoms with Gasteiger partial charge in [-0.25, -0.2) is 22.0 Å². The van der Waals surface area contributed by atoms with Gasteiger partial charge in [0.1, 0.15) is 24.9 Å². The van der Waals surface area contributed by atoms with Crippen LogP contribution in [0.15, 0.2) is 23.2 Å². The molecule has 2 unspecified atom stereocenters. The van der Waals surface area contributed by atoms with E-state index in [0.29, 0.717) is 0 Å². The first-order valence-electron chi connectivity index (χ1n) is 8.29. The maximum absolute atomic E-state index is 14.6. The van der Waals surface area contributed by atoms with Crippen LogP contribution in [0.3, 0.4) is 0 Å². The van der Waals surface area contributed by atoms with Gasteiger partial charge in [-0.15, -0.1) is 0 Å². The molecule has 1 aliphatic heterocycles. The number of nitrogens with one attached hydrogen (secondary N) is 1. The number of carbonyl (C=O) groups is 2. The fourth-order valence-corrected chi connectivity index (χ4v) is 3.07. The van der Waals surface area contributed by atoms with Crippen molar-refractivity contribution in [2.24, 2.45) is 10.7 Å². The summed E-state index contributed by atoms with van der Waals surface area (Å²) in [6.07, 6.45) is -1.04. The molecule has 0 radical (unpaired) electrons. The van der Waals surface area contributed by atoms with Crippen molar-refractivity contribution in [3.8, 4) is 0 Å². The first-order chi connectivity index (χ1) is 13.4. The molecule has 1 aromatic rings. The summed E-state index contributed by atoms with van der Waals surface area (Å²) in [5.41, 5.74) is -0.569. The average molecular weight is 421 g/mol. The van der Waals surface area contributed by atoms with Crippen LogP contribution in [-0.2, 0) is 24.6 Å². The molecule has 0 saturated heterocycles. The summed E-state index contributed by atoms with van der Waals surface area (Å²) in [6.45, 7) is -0.831. The van der Waals surface area contributed by atoms with Crippen molar-refractivity contribution in [3.63, 3.8) is 0 Å². The number of anilines is 1. The molecule has 0 aromatic heterocycles. The zero-order valence-corrected chi connectivity index (χ0v) is 15.0. The van der Waals surface area contributed by atoms with Gasteiger partial charge < -0.3 is 20.5 Å². The predicted octanol–water partition coefficient (Wildman–Crippen LogP) is 1.95. The number of halogens is 5. The predicted molar refractivity (Wildman–Crippen MR) is 89.2 cm³/mol.